The van der Waals surface area contributed by atoms with Crippen molar-refractivity contribution in [2.24, 2.45) is 0 Å². The average molecular weight is 274 g/mol. The summed E-state index contributed by atoms with van der Waals surface area (Å²) in [5.41, 5.74) is 1.69. The number of hydrogen-bond donors (Lipinski definition) is 0. The zero-order valence-electron chi connectivity index (χ0n) is 12.9. The summed E-state index contributed by atoms with van der Waals surface area (Å²) in [7, 11) is 0. The van der Waals surface area contributed by atoms with Gasteiger partial charge in [-0.15, -0.1) is 0 Å². The molecule has 1 unspecified atom stereocenters. The summed E-state index contributed by atoms with van der Waals surface area (Å²) in [4.78, 5) is 12.1. The van der Waals surface area contributed by atoms with Gasteiger partial charge in [0.05, 0.1) is 0 Å². The molecule has 0 spiro atoms. The van der Waals surface area contributed by atoms with Gasteiger partial charge in [0, 0.05) is 5.57 Å². The molecule has 1 rings (SSSR count). The van der Waals surface area contributed by atoms with Gasteiger partial charge in [-0.3, -0.25) is 0 Å². The van der Waals surface area contributed by atoms with Crippen LogP contribution in [0.15, 0.2) is 35.9 Å². The number of ether oxygens (including phenoxy) is 1. The van der Waals surface area contributed by atoms with E-state index in [-0.39, 0.29) is 12.1 Å². The lowest BCUT2D eigenvalue weighted by Gasteiger charge is -2.16. The minimum Gasteiger partial charge on any atom is -0.459 e. The van der Waals surface area contributed by atoms with Crippen molar-refractivity contribution in [1.29, 1.82) is 0 Å². The molecule has 0 bridgehead atoms. The summed E-state index contributed by atoms with van der Waals surface area (Å²) >= 11 is 0. The Balaban J connectivity index is 2.53. The van der Waals surface area contributed by atoms with Gasteiger partial charge >= 0.3 is 5.97 Å². The van der Waals surface area contributed by atoms with Crippen molar-refractivity contribution in [2.45, 2.75) is 59.0 Å². The molecular formula is C18H26O2. The highest BCUT2D eigenvalue weighted by Crippen LogP contribution is 2.14. The maximum Gasteiger partial charge on any atom is 0.334 e. The van der Waals surface area contributed by atoms with Gasteiger partial charge in [0.25, 0.3) is 0 Å². The molecule has 110 valence electrons. The molecule has 0 fully saturated rings. The second kappa shape index (κ2) is 9.35. The standard InChI is InChI=1S/C18H26O2/c1-4-6-8-13-17(5-2)20-18(19)15(3)14-16-11-9-7-10-12-16/h7,9-12,14,17H,4-6,8,13H2,1-3H3. The Kier molecular flexibility index (Phi) is 7.71. The monoisotopic (exact) mass is 274 g/mol. The number of carbonyl (C=O) groups excluding carboxylic acids is 1. The first-order valence-electron chi connectivity index (χ1n) is 7.61. The predicted octanol–water partition coefficient (Wildman–Crippen LogP) is 4.99. The Bertz CT molecular complexity index is 420. The van der Waals surface area contributed by atoms with E-state index in [1.807, 2.05) is 43.3 Å². The molecule has 1 aromatic carbocycles. The highest BCUT2D eigenvalue weighted by molar-refractivity contribution is 5.93. The van der Waals surface area contributed by atoms with E-state index >= 15 is 0 Å². The maximum atomic E-state index is 12.1. The van der Waals surface area contributed by atoms with Gasteiger partial charge in [0.2, 0.25) is 0 Å². The normalized spacial score (nSPS) is 13.1. The van der Waals surface area contributed by atoms with Gasteiger partial charge in [-0.05, 0) is 37.8 Å². The van der Waals surface area contributed by atoms with Gasteiger partial charge in [0.1, 0.15) is 6.10 Å². The Morgan fingerprint density at radius 3 is 2.50 bits per heavy atom. The fraction of sp³-hybridized carbons (Fsp3) is 0.500. The first-order chi connectivity index (χ1) is 9.67. The topological polar surface area (TPSA) is 26.3 Å². The quantitative estimate of drug-likeness (QED) is 0.379. The molecule has 0 saturated carbocycles. The summed E-state index contributed by atoms with van der Waals surface area (Å²) in [6, 6.07) is 9.85. The van der Waals surface area contributed by atoms with Gasteiger partial charge in [-0.25, -0.2) is 4.79 Å². The lowest BCUT2D eigenvalue weighted by Crippen LogP contribution is -2.18. The van der Waals surface area contributed by atoms with Gasteiger partial charge in [-0.1, -0.05) is 57.0 Å². The summed E-state index contributed by atoms with van der Waals surface area (Å²) in [5, 5.41) is 0. The van der Waals surface area contributed by atoms with Crippen LogP contribution in [0, 0.1) is 0 Å². The molecule has 0 N–H and O–H groups in total. The second-order valence-electron chi connectivity index (χ2n) is 5.17. The molecule has 0 heterocycles. The fourth-order valence-electron chi connectivity index (χ4n) is 2.07. The van der Waals surface area contributed by atoms with Crippen LogP contribution < -0.4 is 0 Å². The van der Waals surface area contributed by atoms with E-state index in [2.05, 4.69) is 13.8 Å². The third-order valence-electron chi connectivity index (χ3n) is 3.36. The molecule has 0 aliphatic carbocycles. The molecule has 20 heavy (non-hydrogen) atoms. The highest BCUT2D eigenvalue weighted by Gasteiger charge is 2.13. The van der Waals surface area contributed by atoms with E-state index in [0.29, 0.717) is 5.57 Å². The first kappa shape index (κ1) is 16.5. The molecule has 0 aliphatic heterocycles. The predicted molar refractivity (Wildman–Crippen MR) is 84.4 cm³/mol. The van der Waals surface area contributed by atoms with Crippen molar-refractivity contribution in [3.63, 3.8) is 0 Å². The number of rotatable bonds is 8. The van der Waals surface area contributed by atoms with Crippen molar-refractivity contribution < 1.29 is 9.53 Å². The summed E-state index contributed by atoms with van der Waals surface area (Å²) < 4.78 is 5.57. The van der Waals surface area contributed by atoms with Gasteiger partial charge < -0.3 is 4.74 Å². The third kappa shape index (κ3) is 6.05. The molecule has 0 radical (unpaired) electrons. The van der Waals surface area contributed by atoms with E-state index in [4.69, 9.17) is 4.74 Å². The van der Waals surface area contributed by atoms with Crippen molar-refractivity contribution >= 4 is 12.0 Å². The van der Waals surface area contributed by atoms with E-state index in [1.165, 1.54) is 12.8 Å². The Labute approximate surface area is 122 Å². The number of esters is 1. The minimum absolute atomic E-state index is 0.0492. The van der Waals surface area contributed by atoms with Crippen molar-refractivity contribution in [3.05, 3.63) is 41.5 Å². The molecule has 1 aromatic rings. The van der Waals surface area contributed by atoms with E-state index in [9.17, 15) is 4.79 Å². The number of carbonyl (C=O) groups is 1. The Hall–Kier alpha value is -1.57. The smallest absolute Gasteiger partial charge is 0.334 e. The SMILES string of the molecule is CCCCCC(CC)OC(=O)C(C)=Cc1ccccc1. The van der Waals surface area contributed by atoms with Crippen LogP contribution in [0.1, 0.15) is 58.4 Å². The van der Waals surface area contributed by atoms with Crippen LogP contribution in [0.25, 0.3) is 6.08 Å². The van der Waals surface area contributed by atoms with Crippen LogP contribution in [0.5, 0.6) is 0 Å². The van der Waals surface area contributed by atoms with Crippen LogP contribution in [0.3, 0.4) is 0 Å². The van der Waals surface area contributed by atoms with Crippen molar-refractivity contribution in [3.8, 4) is 0 Å². The first-order valence-corrected chi connectivity index (χ1v) is 7.61. The van der Waals surface area contributed by atoms with Crippen LogP contribution in [-0.4, -0.2) is 12.1 Å². The zero-order valence-corrected chi connectivity index (χ0v) is 12.9. The summed E-state index contributed by atoms with van der Waals surface area (Å²) in [5.74, 6) is -0.197. The largest absolute Gasteiger partial charge is 0.459 e. The lowest BCUT2D eigenvalue weighted by atomic mass is 10.1. The molecular weight excluding hydrogens is 248 g/mol. The molecule has 0 amide bonds. The minimum atomic E-state index is -0.197. The third-order valence-corrected chi connectivity index (χ3v) is 3.36. The average Bonchev–Trinajstić information content (AvgIpc) is 2.47. The van der Waals surface area contributed by atoms with Gasteiger partial charge in [0.15, 0.2) is 0 Å². The zero-order chi connectivity index (χ0) is 14.8. The number of benzene rings is 1. The van der Waals surface area contributed by atoms with Gasteiger partial charge in [-0.2, -0.15) is 0 Å². The molecule has 2 nitrogen and oxygen atoms in total. The second-order valence-corrected chi connectivity index (χ2v) is 5.17. The molecule has 0 saturated heterocycles. The van der Waals surface area contributed by atoms with Crippen molar-refractivity contribution in [1.82, 2.24) is 0 Å². The Morgan fingerprint density at radius 1 is 1.20 bits per heavy atom. The molecule has 2 heteroatoms. The van der Waals surface area contributed by atoms with Crippen LogP contribution in [0.4, 0.5) is 0 Å². The molecule has 0 aliphatic rings. The molecule has 0 aromatic heterocycles. The van der Waals surface area contributed by atoms with Crippen LogP contribution in [0.2, 0.25) is 0 Å². The highest BCUT2D eigenvalue weighted by atomic mass is 16.5. The maximum absolute atomic E-state index is 12.1. The van der Waals surface area contributed by atoms with E-state index < -0.39 is 0 Å². The van der Waals surface area contributed by atoms with Crippen molar-refractivity contribution in [2.75, 3.05) is 0 Å². The summed E-state index contributed by atoms with van der Waals surface area (Å²) in [6.07, 6.45) is 7.30. The van der Waals surface area contributed by atoms with Crippen LogP contribution >= 0.6 is 0 Å². The van der Waals surface area contributed by atoms with E-state index in [0.717, 1.165) is 24.8 Å². The molecule has 1 atom stereocenters. The van der Waals surface area contributed by atoms with E-state index in [1.54, 1.807) is 0 Å². The summed E-state index contributed by atoms with van der Waals surface area (Å²) in [6.45, 7) is 6.06. The fourth-order valence-corrected chi connectivity index (χ4v) is 2.07. The number of hydrogen-bond acceptors (Lipinski definition) is 2. The number of unbranched alkanes of at least 4 members (excludes halogenated alkanes) is 2. The van der Waals surface area contributed by atoms with Crippen LogP contribution in [-0.2, 0) is 9.53 Å². The lowest BCUT2D eigenvalue weighted by molar-refractivity contribution is -0.144. The Morgan fingerprint density at radius 2 is 1.90 bits per heavy atom.